The summed E-state index contributed by atoms with van der Waals surface area (Å²) >= 11 is 0. The maximum atomic E-state index is 11.2. The zero-order valence-electron chi connectivity index (χ0n) is 11.0. The van der Waals surface area contributed by atoms with E-state index in [2.05, 4.69) is 9.88 Å². The summed E-state index contributed by atoms with van der Waals surface area (Å²) in [4.78, 5) is 17.7. The fraction of sp³-hybridized carbons (Fsp3) is 0.571. The topological polar surface area (TPSA) is 53.4 Å². The normalized spacial score (nSPS) is 18.7. The number of carbonyl (C=O) groups excluding carboxylic acids is 1. The van der Waals surface area contributed by atoms with Crippen molar-refractivity contribution in [3.63, 3.8) is 0 Å². The van der Waals surface area contributed by atoms with E-state index >= 15 is 0 Å². The maximum Gasteiger partial charge on any atom is 0.161 e. The zero-order valence-corrected chi connectivity index (χ0v) is 11.0. The van der Waals surface area contributed by atoms with Crippen molar-refractivity contribution in [3.8, 4) is 0 Å². The van der Waals surface area contributed by atoms with Crippen molar-refractivity contribution in [3.05, 3.63) is 23.9 Å². The van der Waals surface area contributed by atoms with Gasteiger partial charge in [0.25, 0.3) is 0 Å². The van der Waals surface area contributed by atoms with E-state index in [0.717, 1.165) is 31.7 Å². The Labute approximate surface area is 108 Å². The lowest BCUT2D eigenvalue weighted by Gasteiger charge is -2.34. The molecule has 1 N–H and O–H groups in total. The van der Waals surface area contributed by atoms with Crippen LogP contribution < -0.4 is 4.90 Å². The standard InChI is InChI=1S/C14H20N2O2/c1-10(17)12-5-7-16(8-6-12)14-4-3-13(9-15-14)11(2)18/h3-4,9-10,12,17H,5-8H2,1-2H3. The van der Waals surface area contributed by atoms with Crippen LogP contribution in [-0.4, -0.2) is 35.1 Å². The Kier molecular flexibility index (Phi) is 3.97. The van der Waals surface area contributed by atoms with Crippen LogP contribution in [0.25, 0.3) is 0 Å². The fourth-order valence-electron chi connectivity index (χ4n) is 2.39. The molecule has 0 aromatic carbocycles. The summed E-state index contributed by atoms with van der Waals surface area (Å²) in [5.74, 6) is 1.36. The summed E-state index contributed by atoms with van der Waals surface area (Å²) in [5, 5.41) is 9.56. The van der Waals surface area contributed by atoms with Crippen LogP contribution in [0.3, 0.4) is 0 Å². The molecule has 18 heavy (non-hydrogen) atoms. The second-order valence-electron chi connectivity index (χ2n) is 5.03. The molecule has 1 unspecified atom stereocenters. The zero-order chi connectivity index (χ0) is 13.1. The first-order chi connectivity index (χ1) is 8.58. The van der Waals surface area contributed by atoms with Crippen LogP contribution in [0.4, 0.5) is 5.82 Å². The Hall–Kier alpha value is -1.42. The van der Waals surface area contributed by atoms with Crippen LogP contribution in [0.5, 0.6) is 0 Å². The Bertz CT molecular complexity index is 406. The maximum absolute atomic E-state index is 11.2. The third-order valence-electron chi connectivity index (χ3n) is 3.70. The number of rotatable bonds is 3. The Morgan fingerprint density at radius 3 is 2.56 bits per heavy atom. The molecule has 1 fully saturated rings. The predicted octanol–water partition coefficient (Wildman–Crippen LogP) is 1.88. The Balaban J connectivity index is 1.99. The lowest BCUT2D eigenvalue weighted by atomic mass is 9.92. The summed E-state index contributed by atoms with van der Waals surface area (Å²) in [6.07, 6.45) is 3.40. The van der Waals surface area contributed by atoms with Gasteiger partial charge in [-0.25, -0.2) is 4.98 Å². The highest BCUT2D eigenvalue weighted by Gasteiger charge is 2.23. The average molecular weight is 248 g/mol. The van der Waals surface area contributed by atoms with Gasteiger partial charge in [-0.1, -0.05) is 0 Å². The molecule has 1 saturated heterocycles. The molecule has 0 amide bonds. The van der Waals surface area contributed by atoms with Crippen molar-refractivity contribution < 1.29 is 9.90 Å². The smallest absolute Gasteiger partial charge is 0.161 e. The molecule has 4 heteroatoms. The molecule has 0 bridgehead atoms. The van der Waals surface area contributed by atoms with Crippen LogP contribution in [0.1, 0.15) is 37.0 Å². The molecule has 0 spiro atoms. The first-order valence-corrected chi connectivity index (χ1v) is 6.48. The van der Waals surface area contributed by atoms with Gasteiger partial charge in [0.2, 0.25) is 0 Å². The van der Waals surface area contributed by atoms with Gasteiger partial charge in [-0.3, -0.25) is 4.79 Å². The molecule has 1 aromatic rings. The van der Waals surface area contributed by atoms with E-state index in [1.165, 1.54) is 0 Å². The minimum absolute atomic E-state index is 0.0434. The third kappa shape index (κ3) is 2.88. The second kappa shape index (κ2) is 5.48. The number of aromatic nitrogens is 1. The number of pyridine rings is 1. The lowest BCUT2D eigenvalue weighted by Crippen LogP contribution is -2.37. The monoisotopic (exact) mass is 248 g/mol. The molecule has 0 aliphatic carbocycles. The van der Waals surface area contributed by atoms with Crippen LogP contribution in [0.2, 0.25) is 0 Å². The molecular formula is C14H20N2O2. The van der Waals surface area contributed by atoms with Crippen molar-refractivity contribution in [2.24, 2.45) is 5.92 Å². The van der Waals surface area contributed by atoms with Crippen molar-refractivity contribution in [1.29, 1.82) is 0 Å². The van der Waals surface area contributed by atoms with Gasteiger partial charge in [-0.2, -0.15) is 0 Å². The molecule has 1 aromatic heterocycles. The van der Waals surface area contributed by atoms with Gasteiger partial charge >= 0.3 is 0 Å². The van der Waals surface area contributed by atoms with Crippen LogP contribution >= 0.6 is 0 Å². The van der Waals surface area contributed by atoms with Crippen molar-refractivity contribution >= 4 is 11.6 Å². The van der Waals surface area contributed by atoms with Crippen molar-refractivity contribution in [1.82, 2.24) is 4.98 Å². The summed E-state index contributed by atoms with van der Waals surface area (Å²) in [5.41, 5.74) is 0.651. The number of carbonyl (C=O) groups is 1. The van der Waals surface area contributed by atoms with E-state index in [4.69, 9.17) is 0 Å². The van der Waals surface area contributed by atoms with Gasteiger partial charge in [0.1, 0.15) is 5.82 Å². The average Bonchev–Trinajstić information content (AvgIpc) is 2.39. The van der Waals surface area contributed by atoms with E-state index in [1.807, 2.05) is 19.1 Å². The largest absolute Gasteiger partial charge is 0.393 e. The van der Waals surface area contributed by atoms with Gasteiger partial charge in [0.15, 0.2) is 5.78 Å². The number of aliphatic hydroxyl groups is 1. The van der Waals surface area contributed by atoms with Crippen LogP contribution in [0.15, 0.2) is 18.3 Å². The quantitative estimate of drug-likeness (QED) is 0.830. The Morgan fingerprint density at radius 2 is 2.11 bits per heavy atom. The highest BCUT2D eigenvalue weighted by molar-refractivity contribution is 5.93. The SMILES string of the molecule is CC(=O)c1ccc(N2CCC(C(C)O)CC2)nc1. The number of ketones is 1. The number of hydrogen-bond donors (Lipinski definition) is 1. The first-order valence-electron chi connectivity index (χ1n) is 6.48. The molecule has 1 aliphatic heterocycles. The molecule has 4 nitrogen and oxygen atoms in total. The van der Waals surface area contributed by atoms with Crippen molar-refractivity contribution in [2.75, 3.05) is 18.0 Å². The van der Waals surface area contributed by atoms with Crippen LogP contribution in [-0.2, 0) is 0 Å². The summed E-state index contributed by atoms with van der Waals surface area (Å²) < 4.78 is 0. The van der Waals surface area contributed by atoms with E-state index in [1.54, 1.807) is 13.1 Å². The fourth-order valence-corrected chi connectivity index (χ4v) is 2.39. The minimum Gasteiger partial charge on any atom is -0.393 e. The van der Waals surface area contributed by atoms with Gasteiger partial charge < -0.3 is 10.0 Å². The number of piperidine rings is 1. The highest BCUT2D eigenvalue weighted by atomic mass is 16.3. The third-order valence-corrected chi connectivity index (χ3v) is 3.70. The molecule has 2 heterocycles. The summed E-state index contributed by atoms with van der Waals surface area (Å²) in [6.45, 7) is 5.25. The molecule has 0 saturated carbocycles. The van der Waals surface area contributed by atoms with E-state index < -0.39 is 0 Å². The molecule has 1 aliphatic rings. The molecule has 1 atom stereocenters. The number of hydrogen-bond acceptors (Lipinski definition) is 4. The molecule has 2 rings (SSSR count). The number of nitrogens with zero attached hydrogens (tertiary/aromatic N) is 2. The first kappa shape index (κ1) is 13.0. The van der Waals surface area contributed by atoms with Crippen molar-refractivity contribution in [2.45, 2.75) is 32.8 Å². The summed E-state index contributed by atoms with van der Waals surface area (Å²) in [7, 11) is 0. The number of aliphatic hydroxyl groups excluding tert-OH is 1. The van der Waals surface area contributed by atoms with E-state index in [-0.39, 0.29) is 11.9 Å². The Morgan fingerprint density at radius 1 is 1.44 bits per heavy atom. The van der Waals surface area contributed by atoms with Gasteiger partial charge in [0, 0.05) is 24.8 Å². The van der Waals surface area contributed by atoms with E-state index in [0.29, 0.717) is 11.5 Å². The number of Topliss-reactive ketones (excluding diaryl/α,β-unsaturated/α-hetero) is 1. The highest BCUT2D eigenvalue weighted by Crippen LogP contribution is 2.24. The second-order valence-corrected chi connectivity index (χ2v) is 5.03. The minimum atomic E-state index is -0.222. The predicted molar refractivity (Wildman–Crippen MR) is 70.9 cm³/mol. The molecule has 0 radical (unpaired) electrons. The lowest BCUT2D eigenvalue weighted by molar-refractivity contribution is 0.101. The number of anilines is 1. The van der Waals surface area contributed by atoms with Gasteiger partial charge in [0.05, 0.1) is 6.10 Å². The summed E-state index contributed by atoms with van der Waals surface area (Å²) in [6, 6.07) is 3.73. The van der Waals surface area contributed by atoms with E-state index in [9.17, 15) is 9.90 Å². The molecule has 98 valence electrons. The molecular weight excluding hydrogens is 228 g/mol. The van der Waals surface area contributed by atoms with Gasteiger partial charge in [-0.05, 0) is 44.7 Å². The van der Waals surface area contributed by atoms with Crippen LogP contribution in [0, 0.1) is 5.92 Å². The van der Waals surface area contributed by atoms with Gasteiger partial charge in [-0.15, -0.1) is 0 Å².